The third kappa shape index (κ3) is 2.02. The minimum atomic E-state index is -0.779. The van der Waals surface area contributed by atoms with Crippen LogP contribution < -0.4 is 0 Å². The van der Waals surface area contributed by atoms with Crippen LogP contribution in [0.3, 0.4) is 0 Å². The molecule has 0 radical (unpaired) electrons. The Morgan fingerprint density at radius 2 is 2.00 bits per heavy atom. The van der Waals surface area contributed by atoms with E-state index in [1.165, 1.54) is 0 Å². The Labute approximate surface area is 66.9 Å². The van der Waals surface area contributed by atoms with Crippen LogP contribution in [-0.2, 0) is 5.60 Å². The first-order valence-corrected chi connectivity index (χ1v) is 3.64. The second-order valence-electron chi connectivity index (χ2n) is 3.31. The average Bonchev–Trinajstić information content (AvgIpc) is 1.86. The van der Waals surface area contributed by atoms with Gasteiger partial charge in [0, 0.05) is 18.0 Å². The van der Waals surface area contributed by atoms with Crippen LogP contribution in [0.15, 0.2) is 18.5 Å². The molecule has 0 bridgehead atoms. The van der Waals surface area contributed by atoms with Crippen LogP contribution in [0.1, 0.15) is 25.0 Å². The third-order valence-corrected chi connectivity index (χ3v) is 1.58. The minimum Gasteiger partial charge on any atom is -0.386 e. The molecule has 1 heterocycles. The largest absolute Gasteiger partial charge is 0.386 e. The van der Waals surface area contributed by atoms with E-state index >= 15 is 0 Å². The van der Waals surface area contributed by atoms with Crippen LogP contribution in [-0.4, -0.2) is 10.1 Å². The summed E-state index contributed by atoms with van der Waals surface area (Å²) in [4.78, 5) is 3.99. The average molecular weight is 151 g/mol. The van der Waals surface area contributed by atoms with Gasteiger partial charge in [-0.25, -0.2) is 0 Å². The Morgan fingerprint density at radius 1 is 1.36 bits per heavy atom. The number of hydrogen-bond acceptors (Lipinski definition) is 2. The van der Waals surface area contributed by atoms with Gasteiger partial charge in [0.15, 0.2) is 0 Å². The highest BCUT2D eigenvalue weighted by atomic mass is 16.3. The van der Waals surface area contributed by atoms with E-state index in [9.17, 15) is 5.11 Å². The van der Waals surface area contributed by atoms with E-state index in [2.05, 4.69) is 4.98 Å². The minimum absolute atomic E-state index is 0.779. The van der Waals surface area contributed by atoms with E-state index in [-0.39, 0.29) is 0 Å². The van der Waals surface area contributed by atoms with E-state index in [1.54, 1.807) is 26.2 Å². The molecule has 0 saturated carbocycles. The molecule has 1 aromatic rings. The molecule has 1 rings (SSSR count). The molecule has 0 aromatic carbocycles. The predicted molar refractivity (Wildman–Crippen MR) is 44.2 cm³/mol. The molecule has 0 amide bonds. The highest BCUT2D eigenvalue weighted by Gasteiger charge is 2.15. The summed E-state index contributed by atoms with van der Waals surface area (Å²) in [6.45, 7) is 5.47. The summed E-state index contributed by atoms with van der Waals surface area (Å²) < 4.78 is 0. The molecule has 2 nitrogen and oxygen atoms in total. The SMILES string of the molecule is Cc1cncc(C(C)(C)O)c1. The molecule has 0 aliphatic rings. The monoisotopic (exact) mass is 151 g/mol. The fourth-order valence-corrected chi connectivity index (χ4v) is 0.890. The summed E-state index contributed by atoms with van der Waals surface area (Å²) in [6.07, 6.45) is 3.46. The summed E-state index contributed by atoms with van der Waals surface area (Å²) in [5.74, 6) is 0. The Hall–Kier alpha value is -0.890. The first-order valence-electron chi connectivity index (χ1n) is 3.64. The summed E-state index contributed by atoms with van der Waals surface area (Å²) >= 11 is 0. The fraction of sp³-hybridized carbons (Fsp3) is 0.444. The van der Waals surface area contributed by atoms with Crippen molar-refractivity contribution in [1.29, 1.82) is 0 Å². The van der Waals surface area contributed by atoms with Gasteiger partial charge in [0.1, 0.15) is 0 Å². The van der Waals surface area contributed by atoms with Gasteiger partial charge in [-0.15, -0.1) is 0 Å². The second kappa shape index (κ2) is 2.62. The number of nitrogens with zero attached hydrogens (tertiary/aromatic N) is 1. The normalized spacial score (nSPS) is 11.6. The lowest BCUT2D eigenvalue weighted by Crippen LogP contribution is -2.15. The molecule has 0 saturated heterocycles. The molecule has 1 aromatic heterocycles. The molecule has 2 heteroatoms. The van der Waals surface area contributed by atoms with Crippen LogP contribution in [0, 0.1) is 6.92 Å². The Bertz CT molecular complexity index is 250. The zero-order valence-corrected chi connectivity index (χ0v) is 7.13. The number of aliphatic hydroxyl groups is 1. The van der Waals surface area contributed by atoms with Gasteiger partial charge in [-0.05, 0) is 26.3 Å². The highest BCUT2D eigenvalue weighted by molar-refractivity contribution is 5.21. The van der Waals surface area contributed by atoms with Gasteiger partial charge < -0.3 is 5.11 Å². The zero-order valence-electron chi connectivity index (χ0n) is 7.13. The van der Waals surface area contributed by atoms with Gasteiger partial charge >= 0.3 is 0 Å². The summed E-state index contributed by atoms with van der Waals surface area (Å²) in [7, 11) is 0. The maximum absolute atomic E-state index is 9.57. The molecule has 60 valence electrons. The van der Waals surface area contributed by atoms with E-state index in [0.29, 0.717) is 0 Å². The van der Waals surface area contributed by atoms with E-state index < -0.39 is 5.60 Å². The van der Waals surface area contributed by atoms with Crippen LogP contribution in [0.25, 0.3) is 0 Å². The van der Waals surface area contributed by atoms with Crippen molar-refractivity contribution in [3.8, 4) is 0 Å². The van der Waals surface area contributed by atoms with Crippen molar-refractivity contribution in [2.75, 3.05) is 0 Å². The Morgan fingerprint density at radius 3 is 2.36 bits per heavy atom. The maximum Gasteiger partial charge on any atom is 0.0855 e. The number of aromatic nitrogens is 1. The van der Waals surface area contributed by atoms with E-state index in [1.807, 2.05) is 13.0 Å². The molecule has 1 N–H and O–H groups in total. The molecule has 0 atom stereocenters. The third-order valence-electron chi connectivity index (χ3n) is 1.58. The summed E-state index contributed by atoms with van der Waals surface area (Å²) in [5, 5.41) is 9.57. The van der Waals surface area contributed by atoms with Crippen molar-refractivity contribution in [2.24, 2.45) is 0 Å². The summed E-state index contributed by atoms with van der Waals surface area (Å²) in [5.41, 5.74) is 1.15. The fourth-order valence-electron chi connectivity index (χ4n) is 0.890. The van der Waals surface area contributed by atoms with Crippen molar-refractivity contribution >= 4 is 0 Å². The van der Waals surface area contributed by atoms with Gasteiger partial charge in [0.05, 0.1) is 5.60 Å². The number of hydrogen-bond donors (Lipinski definition) is 1. The van der Waals surface area contributed by atoms with Gasteiger partial charge in [0.25, 0.3) is 0 Å². The number of pyridine rings is 1. The predicted octanol–water partition coefficient (Wildman–Crippen LogP) is 1.62. The zero-order chi connectivity index (χ0) is 8.48. The maximum atomic E-state index is 9.57. The van der Waals surface area contributed by atoms with Crippen LogP contribution in [0.4, 0.5) is 0 Å². The van der Waals surface area contributed by atoms with Gasteiger partial charge in [-0.3, -0.25) is 4.98 Å². The second-order valence-corrected chi connectivity index (χ2v) is 3.31. The van der Waals surface area contributed by atoms with Crippen LogP contribution in [0.5, 0.6) is 0 Å². The molecular weight excluding hydrogens is 138 g/mol. The van der Waals surface area contributed by atoms with Crippen LogP contribution >= 0.6 is 0 Å². The quantitative estimate of drug-likeness (QED) is 0.661. The lowest BCUT2D eigenvalue weighted by molar-refractivity contribution is 0.0781. The topological polar surface area (TPSA) is 33.1 Å². The van der Waals surface area contributed by atoms with Gasteiger partial charge in [-0.1, -0.05) is 6.07 Å². The van der Waals surface area contributed by atoms with Crippen molar-refractivity contribution in [2.45, 2.75) is 26.4 Å². The van der Waals surface area contributed by atoms with Crippen molar-refractivity contribution in [1.82, 2.24) is 4.98 Å². The van der Waals surface area contributed by atoms with E-state index in [4.69, 9.17) is 0 Å². The van der Waals surface area contributed by atoms with Crippen molar-refractivity contribution in [3.63, 3.8) is 0 Å². The molecule has 0 unspecified atom stereocenters. The molecule has 0 spiro atoms. The Kier molecular flexibility index (Phi) is 1.96. The summed E-state index contributed by atoms with van der Waals surface area (Å²) in [6, 6.07) is 1.94. The van der Waals surface area contributed by atoms with E-state index in [0.717, 1.165) is 11.1 Å². The Balaban J connectivity index is 3.06. The van der Waals surface area contributed by atoms with Gasteiger partial charge in [0.2, 0.25) is 0 Å². The molecule has 11 heavy (non-hydrogen) atoms. The van der Waals surface area contributed by atoms with Crippen LogP contribution in [0.2, 0.25) is 0 Å². The van der Waals surface area contributed by atoms with Gasteiger partial charge in [-0.2, -0.15) is 0 Å². The lowest BCUT2D eigenvalue weighted by Gasteiger charge is -2.17. The molecular formula is C9H13NO. The molecule has 0 fully saturated rings. The first-order chi connectivity index (χ1) is 5.00. The van der Waals surface area contributed by atoms with Crippen molar-refractivity contribution < 1.29 is 5.11 Å². The molecule has 0 aliphatic carbocycles. The first kappa shape index (κ1) is 8.21. The number of aryl methyl sites for hydroxylation is 1. The van der Waals surface area contributed by atoms with Crippen molar-refractivity contribution in [3.05, 3.63) is 29.6 Å². The standard InChI is InChI=1S/C9H13NO/c1-7-4-8(6-10-5-7)9(2,3)11/h4-6,11H,1-3H3. The number of rotatable bonds is 1. The molecule has 0 aliphatic heterocycles. The lowest BCUT2D eigenvalue weighted by atomic mass is 10.00. The smallest absolute Gasteiger partial charge is 0.0855 e. The highest BCUT2D eigenvalue weighted by Crippen LogP contribution is 2.18.